The average Bonchev–Trinajstić information content (AvgIpc) is 3.29. The van der Waals surface area contributed by atoms with E-state index in [1.54, 1.807) is 37.6 Å². The van der Waals surface area contributed by atoms with Crippen molar-refractivity contribution in [1.82, 2.24) is 24.0 Å². The summed E-state index contributed by atoms with van der Waals surface area (Å²) >= 11 is 2.90. The number of imidazole rings is 1. The van der Waals surface area contributed by atoms with Crippen LogP contribution >= 0.6 is 15.9 Å². The number of carbonyl (C=O) groups excluding carboxylic acids is 1. The molecule has 0 aliphatic carbocycles. The lowest BCUT2D eigenvalue weighted by molar-refractivity contribution is -0.138. The average molecular weight is 633 g/mol. The minimum atomic E-state index is -4.65. The van der Waals surface area contributed by atoms with Gasteiger partial charge in [0.2, 0.25) is 5.95 Å². The highest BCUT2D eigenvalue weighted by Gasteiger charge is 2.36. The number of anilines is 1. The van der Waals surface area contributed by atoms with E-state index in [0.29, 0.717) is 16.8 Å². The molecule has 3 heterocycles. The molecule has 0 bridgehead atoms. The summed E-state index contributed by atoms with van der Waals surface area (Å²) in [6, 6.07) is 5.30. The highest BCUT2D eigenvalue weighted by atomic mass is 79.9. The smallest absolute Gasteiger partial charge is 0.349 e. The summed E-state index contributed by atoms with van der Waals surface area (Å²) in [5.41, 5.74) is -0.0455. The largest absolute Gasteiger partial charge is 0.417 e. The van der Waals surface area contributed by atoms with Crippen molar-refractivity contribution < 1.29 is 22.4 Å². The van der Waals surface area contributed by atoms with Gasteiger partial charge in [-0.1, -0.05) is 22.0 Å². The Bertz CT molecular complexity index is 1760. The fourth-order valence-corrected chi connectivity index (χ4v) is 5.35. The molecule has 8 nitrogen and oxygen atoms in total. The van der Waals surface area contributed by atoms with Crippen LogP contribution in [0.1, 0.15) is 41.0 Å². The molecule has 5 rings (SSSR count). The second-order valence-electron chi connectivity index (χ2n) is 10.00. The Morgan fingerprint density at radius 3 is 2.68 bits per heavy atom. The number of benzene rings is 2. The Kier molecular flexibility index (Phi) is 7.26. The highest BCUT2D eigenvalue weighted by Crippen LogP contribution is 2.36. The zero-order valence-corrected chi connectivity index (χ0v) is 23.8. The quantitative estimate of drug-likeness (QED) is 0.228. The predicted molar refractivity (Wildman–Crippen MR) is 150 cm³/mol. The van der Waals surface area contributed by atoms with Crippen LogP contribution in [0.25, 0.3) is 16.7 Å². The van der Waals surface area contributed by atoms with Gasteiger partial charge in [-0.05, 0) is 44.5 Å². The third-order valence-corrected chi connectivity index (χ3v) is 7.82. The van der Waals surface area contributed by atoms with E-state index in [4.69, 9.17) is 0 Å². The fraction of sp³-hybridized carbons (Fsp3) is 0.286. The minimum Gasteiger partial charge on any atom is -0.349 e. The van der Waals surface area contributed by atoms with Gasteiger partial charge in [-0.15, -0.1) is 6.58 Å². The second-order valence-corrected chi connectivity index (χ2v) is 10.9. The Balaban J connectivity index is 1.61. The number of carbonyl (C=O) groups is 1. The maximum Gasteiger partial charge on any atom is 0.417 e. The lowest BCUT2D eigenvalue weighted by atomic mass is 9.98. The number of rotatable bonds is 5. The third kappa shape index (κ3) is 5.14. The summed E-state index contributed by atoms with van der Waals surface area (Å²) < 4.78 is 58.2. The van der Waals surface area contributed by atoms with E-state index < -0.39 is 35.1 Å². The number of nitrogens with zero attached hydrogens (tertiary/aromatic N) is 5. The molecule has 2 atom stereocenters. The van der Waals surface area contributed by atoms with Crippen molar-refractivity contribution in [2.75, 3.05) is 5.32 Å². The topological polar surface area (TPSA) is 85.1 Å². The summed E-state index contributed by atoms with van der Waals surface area (Å²) in [6.07, 6.45) is -1.48. The predicted octanol–water partition coefficient (Wildman–Crippen LogP) is 5.61. The molecule has 0 fully saturated rings. The van der Waals surface area contributed by atoms with Gasteiger partial charge in [-0.2, -0.15) is 13.2 Å². The molecule has 0 saturated heterocycles. The first kappa shape index (κ1) is 28.5. The molecule has 2 aromatic carbocycles. The first-order valence-electron chi connectivity index (χ1n) is 12.6. The normalized spacial score (nSPS) is 16.0. The molecule has 41 heavy (non-hydrogen) atoms. The van der Waals surface area contributed by atoms with E-state index in [1.165, 1.54) is 34.0 Å². The molecular weight excluding hydrogens is 608 g/mol. The SMILES string of the molecule is C=C[C@H](C)Nc1nc2c(c(=O)n1-c1cc(F)c3ncn(C)c3c1)C[C@@H](C)N(C(=O)c1ccc(Br)c(C(F)(F)F)c1)C2. The van der Waals surface area contributed by atoms with E-state index in [1.807, 2.05) is 0 Å². The molecule has 2 aromatic heterocycles. The minimum absolute atomic E-state index is 0.100. The van der Waals surface area contributed by atoms with Crippen LogP contribution in [0.15, 0.2) is 58.6 Å². The Labute approximate surface area is 240 Å². The lowest BCUT2D eigenvalue weighted by Crippen LogP contribution is -2.46. The van der Waals surface area contributed by atoms with Gasteiger partial charge >= 0.3 is 6.18 Å². The van der Waals surface area contributed by atoms with E-state index in [2.05, 4.69) is 37.8 Å². The van der Waals surface area contributed by atoms with Crippen molar-refractivity contribution in [2.24, 2.45) is 7.05 Å². The van der Waals surface area contributed by atoms with Gasteiger partial charge in [0, 0.05) is 40.8 Å². The molecule has 0 spiro atoms. The zero-order valence-electron chi connectivity index (χ0n) is 22.3. The number of aromatic nitrogens is 4. The monoisotopic (exact) mass is 632 g/mol. The van der Waals surface area contributed by atoms with Crippen molar-refractivity contribution in [1.29, 1.82) is 0 Å². The molecule has 1 N–H and O–H groups in total. The van der Waals surface area contributed by atoms with E-state index in [-0.39, 0.29) is 46.2 Å². The lowest BCUT2D eigenvalue weighted by Gasteiger charge is -2.35. The van der Waals surface area contributed by atoms with Crippen molar-refractivity contribution in [3.8, 4) is 5.69 Å². The van der Waals surface area contributed by atoms with Gasteiger partial charge in [0.25, 0.3) is 11.5 Å². The van der Waals surface area contributed by atoms with Gasteiger partial charge in [-0.25, -0.2) is 18.9 Å². The van der Waals surface area contributed by atoms with Crippen LogP contribution in [0.2, 0.25) is 0 Å². The van der Waals surface area contributed by atoms with E-state index in [0.717, 1.165) is 6.07 Å². The Morgan fingerprint density at radius 1 is 1.27 bits per heavy atom. The fourth-order valence-electron chi connectivity index (χ4n) is 4.87. The Hall–Kier alpha value is -4.00. The van der Waals surface area contributed by atoms with Crippen molar-refractivity contribution in [2.45, 2.75) is 45.1 Å². The van der Waals surface area contributed by atoms with Crippen LogP contribution in [0, 0.1) is 5.82 Å². The van der Waals surface area contributed by atoms with Crippen LogP contribution in [0.4, 0.5) is 23.5 Å². The van der Waals surface area contributed by atoms with E-state index >= 15 is 4.39 Å². The van der Waals surface area contributed by atoms with Crippen LogP contribution in [-0.2, 0) is 26.2 Å². The molecule has 13 heteroatoms. The van der Waals surface area contributed by atoms with Gasteiger partial charge in [0.15, 0.2) is 5.82 Å². The van der Waals surface area contributed by atoms with Gasteiger partial charge < -0.3 is 14.8 Å². The van der Waals surface area contributed by atoms with Crippen LogP contribution in [-0.4, -0.2) is 42.0 Å². The third-order valence-electron chi connectivity index (χ3n) is 7.13. The molecular formula is C28H25BrF4N6O2. The van der Waals surface area contributed by atoms with Gasteiger partial charge in [-0.3, -0.25) is 9.59 Å². The van der Waals surface area contributed by atoms with Gasteiger partial charge in [0.1, 0.15) is 5.52 Å². The van der Waals surface area contributed by atoms with Crippen LogP contribution in [0.3, 0.4) is 0 Å². The molecule has 0 saturated carbocycles. The zero-order chi connectivity index (χ0) is 29.8. The summed E-state index contributed by atoms with van der Waals surface area (Å²) in [5, 5.41) is 3.10. The number of hydrogen-bond donors (Lipinski definition) is 1. The summed E-state index contributed by atoms with van der Waals surface area (Å²) in [6.45, 7) is 7.15. The number of nitrogens with one attached hydrogen (secondary N) is 1. The molecule has 4 aromatic rings. The first-order valence-corrected chi connectivity index (χ1v) is 13.4. The number of fused-ring (bicyclic) bond motifs is 2. The maximum absolute atomic E-state index is 15.0. The maximum atomic E-state index is 15.0. The highest BCUT2D eigenvalue weighted by molar-refractivity contribution is 9.10. The second kappa shape index (κ2) is 10.4. The number of hydrogen-bond acceptors (Lipinski definition) is 5. The molecule has 1 aliphatic rings. The summed E-state index contributed by atoms with van der Waals surface area (Å²) in [5.74, 6) is -1.12. The molecule has 0 unspecified atom stereocenters. The number of alkyl halides is 3. The molecule has 1 amide bonds. The first-order chi connectivity index (χ1) is 19.3. The van der Waals surface area contributed by atoms with Crippen molar-refractivity contribution >= 4 is 38.8 Å². The number of halogens is 5. The van der Waals surface area contributed by atoms with Gasteiger partial charge in [0.05, 0.1) is 35.3 Å². The van der Waals surface area contributed by atoms with Crippen molar-refractivity contribution in [3.63, 3.8) is 0 Å². The molecule has 214 valence electrons. The Morgan fingerprint density at radius 2 is 2.00 bits per heavy atom. The van der Waals surface area contributed by atoms with E-state index in [9.17, 15) is 22.8 Å². The number of aryl methyl sites for hydroxylation is 1. The number of amides is 1. The van der Waals surface area contributed by atoms with Crippen LogP contribution in [0.5, 0.6) is 0 Å². The van der Waals surface area contributed by atoms with Crippen molar-refractivity contribution in [3.05, 3.63) is 92.3 Å². The van der Waals surface area contributed by atoms with Crippen LogP contribution < -0.4 is 10.9 Å². The molecule has 1 aliphatic heterocycles. The standard InChI is InChI=1S/C28H25BrF4N6O2/c1-5-14(2)35-27-36-22-12-38(25(40)16-6-7-20(29)19(9-16)28(31,32)33)15(3)8-18(22)26(41)39(27)17-10-21(30)24-23(11-17)37(4)13-34-24/h5-7,9-11,13-15H,1,8,12H2,2-4H3,(H,35,36)/t14-,15+/m0/s1. The summed E-state index contributed by atoms with van der Waals surface area (Å²) in [7, 11) is 1.71. The summed E-state index contributed by atoms with van der Waals surface area (Å²) in [4.78, 5) is 37.5. The molecule has 0 radical (unpaired) electrons.